The van der Waals surface area contributed by atoms with E-state index in [0.717, 1.165) is 38.3 Å². The maximum atomic E-state index is 14.6. The van der Waals surface area contributed by atoms with E-state index in [-0.39, 0.29) is 23.8 Å². The molecule has 0 saturated carbocycles. The normalized spacial score (nSPS) is 11.8. The summed E-state index contributed by atoms with van der Waals surface area (Å²) >= 11 is 3.37. The Labute approximate surface area is 286 Å². The van der Waals surface area contributed by atoms with E-state index in [1.807, 2.05) is 75.4 Å². The molecular formula is C37H42BrN3O5S. The van der Waals surface area contributed by atoms with Crippen LogP contribution in [-0.2, 0) is 32.6 Å². The Morgan fingerprint density at radius 3 is 2.17 bits per heavy atom. The van der Waals surface area contributed by atoms with Gasteiger partial charge in [-0.1, -0.05) is 83.9 Å². The number of amides is 2. The van der Waals surface area contributed by atoms with Crippen molar-refractivity contribution in [3.05, 3.63) is 124 Å². The van der Waals surface area contributed by atoms with E-state index >= 15 is 0 Å². The van der Waals surface area contributed by atoms with Gasteiger partial charge in [-0.2, -0.15) is 0 Å². The summed E-state index contributed by atoms with van der Waals surface area (Å²) in [6.45, 7) is 6.40. The summed E-state index contributed by atoms with van der Waals surface area (Å²) in [5, 5.41) is 3.02. The van der Waals surface area contributed by atoms with Crippen LogP contribution in [-0.4, -0.2) is 50.9 Å². The number of benzene rings is 4. The van der Waals surface area contributed by atoms with Gasteiger partial charge >= 0.3 is 0 Å². The minimum atomic E-state index is -4.20. The molecule has 0 fully saturated rings. The molecule has 8 nitrogen and oxygen atoms in total. The second-order valence-corrected chi connectivity index (χ2v) is 14.0. The minimum Gasteiger partial charge on any atom is -0.494 e. The van der Waals surface area contributed by atoms with Crippen molar-refractivity contribution in [3.63, 3.8) is 0 Å². The molecule has 1 atom stereocenters. The smallest absolute Gasteiger partial charge is 0.264 e. The first-order valence-corrected chi connectivity index (χ1v) is 18.0. The maximum absolute atomic E-state index is 14.6. The van der Waals surface area contributed by atoms with Crippen LogP contribution in [0.1, 0.15) is 43.4 Å². The summed E-state index contributed by atoms with van der Waals surface area (Å²) in [4.78, 5) is 30.1. The molecule has 1 N–H and O–H groups in total. The molecular weight excluding hydrogens is 678 g/mol. The van der Waals surface area contributed by atoms with Gasteiger partial charge in [-0.25, -0.2) is 8.42 Å². The molecule has 248 valence electrons. The zero-order valence-corrected chi connectivity index (χ0v) is 29.5. The predicted molar refractivity (Wildman–Crippen MR) is 190 cm³/mol. The molecule has 10 heteroatoms. The van der Waals surface area contributed by atoms with Gasteiger partial charge in [0.25, 0.3) is 10.0 Å². The Morgan fingerprint density at radius 1 is 0.872 bits per heavy atom. The molecule has 4 aromatic carbocycles. The number of carbonyl (C=O) groups is 2. The lowest BCUT2D eigenvalue weighted by Crippen LogP contribution is -2.53. The van der Waals surface area contributed by atoms with E-state index < -0.39 is 28.5 Å². The van der Waals surface area contributed by atoms with Crippen LogP contribution in [0.3, 0.4) is 0 Å². The van der Waals surface area contributed by atoms with Crippen molar-refractivity contribution in [3.8, 4) is 5.75 Å². The van der Waals surface area contributed by atoms with E-state index in [0.29, 0.717) is 24.6 Å². The van der Waals surface area contributed by atoms with Crippen LogP contribution in [0.2, 0.25) is 0 Å². The Hall–Kier alpha value is -4.15. The lowest BCUT2D eigenvalue weighted by Gasteiger charge is -2.34. The summed E-state index contributed by atoms with van der Waals surface area (Å²) in [5.74, 6) is -0.210. The van der Waals surface area contributed by atoms with Crippen LogP contribution < -0.4 is 14.4 Å². The third-order valence-corrected chi connectivity index (χ3v) is 10.1. The van der Waals surface area contributed by atoms with Crippen molar-refractivity contribution < 1.29 is 22.7 Å². The number of ether oxygens (including phenoxy) is 1. The van der Waals surface area contributed by atoms with Gasteiger partial charge in [0.15, 0.2) is 0 Å². The molecule has 0 radical (unpaired) electrons. The summed E-state index contributed by atoms with van der Waals surface area (Å²) in [5.41, 5.74) is 3.01. The van der Waals surface area contributed by atoms with Crippen molar-refractivity contribution in [1.82, 2.24) is 10.2 Å². The van der Waals surface area contributed by atoms with Gasteiger partial charge < -0.3 is 15.0 Å². The highest BCUT2D eigenvalue weighted by molar-refractivity contribution is 9.10. The number of hydrogen-bond acceptors (Lipinski definition) is 5. The van der Waals surface area contributed by atoms with Crippen LogP contribution in [0, 0.1) is 6.92 Å². The van der Waals surface area contributed by atoms with Crippen LogP contribution in [0.25, 0.3) is 0 Å². The number of sulfonamides is 1. The van der Waals surface area contributed by atoms with Crippen LogP contribution in [0.5, 0.6) is 5.75 Å². The van der Waals surface area contributed by atoms with Gasteiger partial charge in [0.2, 0.25) is 11.8 Å². The number of rotatable bonds is 16. The Balaban J connectivity index is 1.80. The predicted octanol–water partition coefficient (Wildman–Crippen LogP) is 6.91. The molecule has 47 heavy (non-hydrogen) atoms. The molecule has 0 saturated heterocycles. The van der Waals surface area contributed by atoms with Gasteiger partial charge in [0.05, 0.1) is 17.2 Å². The van der Waals surface area contributed by atoms with E-state index in [1.165, 1.54) is 17.0 Å². The lowest BCUT2D eigenvalue weighted by molar-refractivity contribution is -0.140. The first-order valence-electron chi connectivity index (χ1n) is 15.8. The lowest BCUT2D eigenvalue weighted by atomic mass is 10.0. The van der Waals surface area contributed by atoms with Crippen molar-refractivity contribution in [2.75, 3.05) is 24.0 Å². The molecule has 0 bridgehead atoms. The molecule has 2 amide bonds. The fourth-order valence-corrected chi connectivity index (χ4v) is 6.85. The molecule has 0 aliphatic carbocycles. The maximum Gasteiger partial charge on any atom is 0.264 e. The Bertz CT molecular complexity index is 1720. The summed E-state index contributed by atoms with van der Waals surface area (Å²) in [6, 6.07) is 29.2. The van der Waals surface area contributed by atoms with Gasteiger partial charge in [0, 0.05) is 24.0 Å². The summed E-state index contributed by atoms with van der Waals surface area (Å²) < 4.78 is 35.9. The SMILES string of the molecule is CCCCNC(=O)[C@H](Cc1ccccc1)N(Cc1ccccc1C)C(=O)CN(c1ccc(OCC)cc1)S(=O)(=O)c1ccc(Br)cc1. The van der Waals surface area contributed by atoms with Gasteiger partial charge in [0.1, 0.15) is 18.3 Å². The number of carbonyl (C=O) groups excluding carboxylic acids is 2. The molecule has 0 unspecified atom stereocenters. The Kier molecular flexibility index (Phi) is 13.0. The number of aryl methyl sites for hydroxylation is 1. The van der Waals surface area contributed by atoms with Crippen molar-refractivity contribution in [2.24, 2.45) is 0 Å². The third kappa shape index (κ3) is 9.68. The Morgan fingerprint density at radius 2 is 1.53 bits per heavy atom. The van der Waals surface area contributed by atoms with Crippen molar-refractivity contribution in [1.29, 1.82) is 0 Å². The average Bonchev–Trinajstić information content (AvgIpc) is 3.07. The third-order valence-electron chi connectivity index (χ3n) is 7.82. The molecule has 0 aromatic heterocycles. The monoisotopic (exact) mass is 719 g/mol. The molecule has 0 aliphatic rings. The van der Waals surface area contributed by atoms with Crippen LogP contribution in [0.4, 0.5) is 5.69 Å². The minimum absolute atomic E-state index is 0.0333. The first kappa shape index (κ1) is 35.7. The van der Waals surface area contributed by atoms with Crippen molar-refractivity contribution in [2.45, 2.75) is 57.5 Å². The molecule has 4 aromatic rings. The van der Waals surface area contributed by atoms with E-state index in [1.54, 1.807) is 36.4 Å². The topological polar surface area (TPSA) is 96.0 Å². The number of unbranched alkanes of at least 4 members (excludes halogenated alkanes) is 1. The van der Waals surface area contributed by atoms with E-state index in [9.17, 15) is 18.0 Å². The fraction of sp³-hybridized carbons (Fsp3) is 0.297. The zero-order valence-electron chi connectivity index (χ0n) is 27.1. The number of hydrogen-bond donors (Lipinski definition) is 1. The molecule has 4 rings (SSSR count). The molecule has 0 spiro atoms. The zero-order chi connectivity index (χ0) is 33.8. The number of halogens is 1. The largest absolute Gasteiger partial charge is 0.494 e. The van der Waals surface area contributed by atoms with E-state index in [4.69, 9.17) is 4.74 Å². The average molecular weight is 721 g/mol. The van der Waals surface area contributed by atoms with Crippen LogP contribution in [0.15, 0.2) is 112 Å². The highest BCUT2D eigenvalue weighted by Crippen LogP contribution is 2.28. The van der Waals surface area contributed by atoms with Crippen molar-refractivity contribution >= 4 is 43.5 Å². The standard InChI is InChI=1S/C37H42BrN3O5S/c1-4-6-24-39-37(43)35(25-29-13-8-7-9-14-29)40(26-30-15-11-10-12-28(30)3)36(42)27-41(32-18-20-33(21-19-32)46-5-2)47(44,45)34-22-16-31(38)17-23-34/h7-23,35H,4-6,24-27H2,1-3H3,(H,39,43)/t35-/m0/s1. The summed E-state index contributed by atoms with van der Waals surface area (Å²) in [7, 11) is -4.20. The second-order valence-electron chi connectivity index (χ2n) is 11.2. The number of nitrogens with zero attached hydrogens (tertiary/aromatic N) is 2. The first-order chi connectivity index (χ1) is 22.6. The van der Waals surface area contributed by atoms with Gasteiger partial charge in [-0.3, -0.25) is 13.9 Å². The van der Waals surface area contributed by atoms with E-state index in [2.05, 4.69) is 21.2 Å². The number of anilines is 1. The quantitative estimate of drug-likeness (QED) is 0.127. The second kappa shape index (κ2) is 17.1. The summed E-state index contributed by atoms with van der Waals surface area (Å²) in [6.07, 6.45) is 1.96. The number of nitrogens with one attached hydrogen (secondary N) is 1. The molecule has 0 heterocycles. The highest BCUT2D eigenvalue weighted by Gasteiger charge is 2.34. The molecule has 0 aliphatic heterocycles. The highest BCUT2D eigenvalue weighted by atomic mass is 79.9. The van der Waals surface area contributed by atoms with Crippen LogP contribution >= 0.6 is 15.9 Å². The van der Waals surface area contributed by atoms with Gasteiger partial charge in [-0.15, -0.1) is 0 Å². The fourth-order valence-electron chi connectivity index (χ4n) is 5.17. The van der Waals surface area contributed by atoms with Gasteiger partial charge in [-0.05, 0) is 85.5 Å².